The van der Waals surface area contributed by atoms with Crippen molar-refractivity contribution in [3.8, 4) is 0 Å². The van der Waals surface area contributed by atoms with Crippen LogP contribution in [0.2, 0.25) is 0 Å². The van der Waals surface area contributed by atoms with Crippen molar-refractivity contribution in [1.82, 2.24) is 9.88 Å². The standard InChI is InChI=1S/C21H20N2O4/c1-2-5-13-8-15-10-23(20(24)17(13)12-27-21(25)26)11-16-9-14-6-3-4-7-18(14)22-19(15)16/h3-4,6-9H,2,5,10-12H2,1H3,(H,25,26). The molecule has 2 aromatic rings. The number of carbonyl (C=O) groups is 2. The highest BCUT2D eigenvalue weighted by molar-refractivity contribution is 5.99. The van der Waals surface area contributed by atoms with Crippen molar-refractivity contribution in [2.45, 2.75) is 26.3 Å². The Morgan fingerprint density at radius 3 is 2.89 bits per heavy atom. The van der Waals surface area contributed by atoms with Crippen molar-refractivity contribution in [3.63, 3.8) is 0 Å². The van der Waals surface area contributed by atoms with Crippen LogP contribution in [0.25, 0.3) is 16.5 Å². The lowest BCUT2D eigenvalue weighted by molar-refractivity contribution is -0.127. The SMILES string of the molecule is CCCC1=C(COC(=O)O)C(=O)N2CC(=C1)c1nc3ccccc3cc1C2. The third-order valence-electron chi connectivity index (χ3n) is 4.97. The number of benzene rings is 1. The van der Waals surface area contributed by atoms with Gasteiger partial charge in [0.05, 0.1) is 16.8 Å². The van der Waals surface area contributed by atoms with Gasteiger partial charge in [-0.2, -0.15) is 0 Å². The minimum absolute atomic E-state index is 0.162. The molecule has 0 unspecified atom stereocenters. The number of para-hydroxylation sites is 1. The van der Waals surface area contributed by atoms with E-state index in [1.54, 1.807) is 4.90 Å². The Labute approximate surface area is 156 Å². The Morgan fingerprint density at radius 2 is 2.11 bits per heavy atom. The topological polar surface area (TPSA) is 79.7 Å². The van der Waals surface area contributed by atoms with E-state index in [9.17, 15) is 9.59 Å². The lowest BCUT2D eigenvalue weighted by Crippen LogP contribution is -2.36. The Bertz CT molecular complexity index is 1010. The molecule has 27 heavy (non-hydrogen) atoms. The molecule has 4 rings (SSSR count). The molecule has 1 amide bonds. The first kappa shape index (κ1) is 17.3. The Morgan fingerprint density at radius 1 is 1.30 bits per heavy atom. The van der Waals surface area contributed by atoms with Crippen LogP contribution in [0.3, 0.4) is 0 Å². The molecule has 0 spiro atoms. The normalized spacial score (nSPS) is 16.1. The molecule has 0 saturated carbocycles. The highest BCUT2D eigenvalue weighted by atomic mass is 16.7. The molecule has 2 bridgehead atoms. The molecule has 6 heteroatoms. The summed E-state index contributed by atoms with van der Waals surface area (Å²) in [5.74, 6) is -0.162. The van der Waals surface area contributed by atoms with E-state index in [2.05, 4.69) is 6.07 Å². The molecule has 1 aromatic heterocycles. The fraction of sp³-hybridized carbons (Fsp3) is 0.286. The summed E-state index contributed by atoms with van der Waals surface area (Å²) in [4.78, 5) is 30.5. The van der Waals surface area contributed by atoms with Gasteiger partial charge < -0.3 is 14.7 Å². The van der Waals surface area contributed by atoms with E-state index in [4.69, 9.17) is 14.8 Å². The van der Waals surface area contributed by atoms with E-state index in [1.165, 1.54) is 0 Å². The summed E-state index contributed by atoms with van der Waals surface area (Å²) < 4.78 is 4.74. The number of hydrogen-bond donors (Lipinski definition) is 1. The smallest absolute Gasteiger partial charge is 0.450 e. The fourth-order valence-corrected chi connectivity index (χ4v) is 3.76. The maximum Gasteiger partial charge on any atom is 0.506 e. The Kier molecular flexibility index (Phi) is 4.39. The van der Waals surface area contributed by atoms with Gasteiger partial charge in [0.1, 0.15) is 6.61 Å². The average Bonchev–Trinajstić information content (AvgIpc) is 2.75. The molecule has 0 atom stereocenters. The van der Waals surface area contributed by atoms with Crippen LogP contribution < -0.4 is 0 Å². The summed E-state index contributed by atoms with van der Waals surface area (Å²) in [7, 11) is 0. The van der Waals surface area contributed by atoms with Crippen LogP contribution >= 0.6 is 0 Å². The number of nitrogens with zero attached hydrogens (tertiary/aromatic N) is 2. The number of carboxylic acid groups (broad SMARTS) is 1. The molecule has 2 aliphatic heterocycles. The van der Waals surface area contributed by atoms with Crippen molar-refractivity contribution in [2.24, 2.45) is 0 Å². The molecular formula is C21H20N2O4. The zero-order valence-electron chi connectivity index (χ0n) is 15.1. The van der Waals surface area contributed by atoms with Crippen LogP contribution in [0, 0.1) is 0 Å². The number of hydrogen-bond acceptors (Lipinski definition) is 4. The summed E-state index contributed by atoms with van der Waals surface area (Å²) >= 11 is 0. The van der Waals surface area contributed by atoms with E-state index < -0.39 is 6.16 Å². The van der Waals surface area contributed by atoms with Gasteiger partial charge in [0.15, 0.2) is 0 Å². The molecule has 2 aliphatic rings. The van der Waals surface area contributed by atoms with Gasteiger partial charge in [0, 0.05) is 18.5 Å². The summed E-state index contributed by atoms with van der Waals surface area (Å²) in [5.41, 5.74) is 5.11. The van der Waals surface area contributed by atoms with Crippen molar-refractivity contribution in [3.05, 3.63) is 58.8 Å². The van der Waals surface area contributed by atoms with Gasteiger partial charge in [0.2, 0.25) is 0 Å². The number of ether oxygens (including phenoxy) is 1. The molecule has 0 aliphatic carbocycles. The van der Waals surface area contributed by atoms with Crippen molar-refractivity contribution in [2.75, 3.05) is 13.2 Å². The molecule has 6 nitrogen and oxygen atoms in total. The number of fused-ring (bicyclic) bond motifs is 5. The van der Waals surface area contributed by atoms with Gasteiger partial charge >= 0.3 is 6.16 Å². The maximum atomic E-state index is 13.1. The highest BCUT2D eigenvalue weighted by Crippen LogP contribution is 2.34. The first-order valence-corrected chi connectivity index (χ1v) is 9.03. The summed E-state index contributed by atoms with van der Waals surface area (Å²) in [5, 5.41) is 9.90. The zero-order chi connectivity index (χ0) is 19.0. The zero-order valence-corrected chi connectivity index (χ0v) is 15.1. The van der Waals surface area contributed by atoms with Crippen LogP contribution in [-0.4, -0.2) is 40.2 Å². The third kappa shape index (κ3) is 3.18. The van der Waals surface area contributed by atoms with E-state index >= 15 is 0 Å². The number of amides is 1. The number of allylic oxidation sites excluding steroid dienone is 2. The largest absolute Gasteiger partial charge is 0.506 e. The van der Waals surface area contributed by atoms with Gasteiger partial charge in [-0.3, -0.25) is 4.79 Å². The molecule has 1 aromatic carbocycles. The van der Waals surface area contributed by atoms with Gasteiger partial charge in [-0.15, -0.1) is 0 Å². The molecule has 1 N–H and O–H groups in total. The number of aromatic nitrogens is 1. The minimum atomic E-state index is -1.38. The molecule has 0 radical (unpaired) electrons. The van der Waals surface area contributed by atoms with Crippen LogP contribution in [0.15, 0.2) is 47.6 Å². The van der Waals surface area contributed by atoms with Crippen LogP contribution in [-0.2, 0) is 16.1 Å². The number of pyridine rings is 1. The first-order valence-electron chi connectivity index (χ1n) is 9.03. The summed E-state index contributed by atoms with van der Waals surface area (Å²) in [6, 6.07) is 10.0. The first-order chi connectivity index (χ1) is 13.1. The Balaban J connectivity index is 1.84. The number of carbonyl (C=O) groups excluding carboxylic acids is 1. The van der Waals surface area contributed by atoms with Gasteiger partial charge in [-0.25, -0.2) is 9.78 Å². The second-order valence-corrected chi connectivity index (χ2v) is 6.83. The van der Waals surface area contributed by atoms with Crippen molar-refractivity contribution >= 4 is 28.5 Å². The summed E-state index contributed by atoms with van der Waals surface area (Å²) in [6.45, 7) is 2.73. The fourth-order valence-electron chi connectivity index (χ4n) is 3.76. The predicted octanol–water partition coefficient (Wildman–Crippen LogP) is 3.77. The lowest BCUT2D eigenvalue weighted by atomic mass is 9.97. The van der Waals surface area contributed by atoms with E-state index in [-0.39, 0.29) is 12.5 Å². The lowest BCUT2D eigenvalue weighted by Gasteiger charge is -2.29. The second kappa shape index (κ2) is 6.87. The number of rotatable bonds is 4. The molecule has 3 heterocycles. The van der Waals surface area contributed by atoms with Crippen molar-refractivity contribution in [1.29, 1.82) is 0 Å². The maximum absolute atomic E-state index is 13.1. The van der Waals surface area contributed by atoms with Crippen LogP contribution in [0.4, 0.5) is 4.79 Å². The minimum Gasteiger partial charge on any atom is -0.450 e. The molecule has 0 fully saturated rings. The van der Waals surface area contributed by atoms with Gasteiger partial charge in [-0.05, 0) is 35.3 Å². The molecular weight excluding hydrogens is 344 g/mol. The van der Waals surface area contributed by atoms with E-state index in [1.807, 2.05) is 37.3 Å². The molecule has 0 saturated heterocycles. The van der Waals surface area contributed by atoms with Crippen molar-refractivity contribution < 1.29 is 19.4 Å². The monoisotopic (exact) mass is 364 g/mol. The van der Waals surface area contributed by atoms with Crippen LogP contribution in [0.1, 0.15) is 31.0 Å². The third-order valence-corrected chi connectivity index (χ3v) is 4.97. The van der Waals surface area contributed by atoms with E-state index in [0.29, 0.717) is 25.1 Å². The van der Waals surface area contributed by atoms with Gasteiger partial charge in [0.25, 0.3) is 5.91 Å². The quantitative estimate of drug-likeness (QED) is 0.836. The van der Waals surface area contributed by atoms with Crippen LogP contribution in [0.5, 0.6) is 0 Å². The highest BCUT2D eigenvalue weighted by Gasteiger charge is 2.32. The average molecular weight is 364 g/mol. The Hall–Kier alpha value is -3.15. The van der Waals surface area contributed by atoms with Gasteiger partial charge in [-0.1, -0.05) is 37.6 Å². The predicted molar refractivity (Wildman–Crippen MR) is 101 cm³/mol. The molecule has 138 valence electrons. The van der Waals surface area contributed by atoms with E-state index in [0.717, 1.165) is 39.7 Å². The summed E-state index contributed by atoms with van der Waals surface area (Å²) in [6.07, 6.45) is 2.16. The second-order valence-electron chi connectivity index (χ2n) is 6.83.